The third kappa shape index (κ3) is 3.88. The summed E-state index contributed by atoms with van der Waals surface area (Å²) < 4.78 is 0. The maximum Gasteiger partial charge on any atom is 0.249 e. The van der Waals surface area contributed by atoms with Gasteiger partial charge in [0.1, 0.15) is 0 Å². The van der Waals surface area contributed by atoms with Crippen LogP contribution < -0.4 is 10.6 Å². The molecule has 0 atom stereocenters. The molecule has 0 aromatic heterocycles. The van der Waals surface area contributed by atoms with Crippen molar-refractivity contribution < 1.29 is 4.79 Å². The standard InChI is InChI=1S/C19H24N2O/c1-19(2,3)13-21(4)15-11-9-14(10-12-15)16-7-5-6-8-17(16)18(20)22/h5-12H,13H2,1-4H3,(H2,20,22). The van der Waals surface area contributed by atoms with Crippen LogP contribution in [-0.4, -0.2) is 19.5 Å². The summed E-state index contributed by atoms with van der Waals surface area (Å²) in [5, 5.41) is 0. The fourth-order valence-electron chi connectivity index (χ4n) is 2.65. The Hall–Kier alpha value is -2.29. The molecule has 0 bridgehead atoms. The second-order valence-corrected chi connectivity index (χ2v) is 6.87. The molecular weight excluding hydrogens is 272 g/mol. The number of nitrogens with zero attached hydrogens (tertiary/aromatic N) is 1. The van der Waals surface area contributed by atoms with Gasteiger partial charge in [0.25, 0.3) is 0 Å². The van der Waals surface area contributed by atoms with Crippen molar-refractivity contribution in [1.82, 2.24) is 0 Å². The second-order valence-electron chi connectivity index (χ2n) is 6.87. The molecular formula is C19H24N2O. The largest absolute Gasteiger partial charge is 0.374 e. The molecule has 0 spiro atoms. The Morgan fingerprint density at radius 3 is 2.18 bits per heavy atom. The molecule has 3 heteroatoms. The highest BCUT2D eigenvalue weighted by Gasteiger charge is 2.14. The van der Waals surface area contributed by atoms with Crippen LogP contribution in [-0.2, 0) is 0 Å². The molecule has 2 N–H and O–H groups in total. The first kappa shape index (κ1) is 16.1. The molecule has 0 fully saturated rings. The maximum absolute atomic E-state index is 11.5. The van der Waals surface area contributed by atoms with Gasteiger partial charge in [0, 0.05) is 24.8 Å². The lowest BCUT2D eigenvalue weighted by molar-refractivity contribution is 0.100. The van der Waals surface area contributed by atoms with Gasteiger partial charge in [-0.25, -0.2) is 0 Å². The van der Waals surface area contributed by atoms with Crippen molar-refractivity contribution in [1.29, 1.82) is 0 Å². The number of carbonyl (C=O) groups is 1. The van der Waals surface area contributed by atoms with Crippen LogP contribution >= 0.6 is 0 Å². The van der Waals surface area contributed by atoms with E-state index in [0.717, 1.165) is 23.4 Å². The lowest BCUT2D eigenvalue weighted by Crippen LogP contribution is -2.28. The van der Waals surface area contributed by atoms with Crippen molar-refractivity contribution in [3.05, 3.63) is 54.1 Å². The Kier molecular flexibility index (Phi) is 4.55. The Balaban J connectivity index is 2.28. The van der Waals surface area contributed by atoms with Crippen LogP contribution in [0.25, 0.3) is 11.1 Å². The molecule has 0 radical (unpaired) electrons. The van der Waals surface area contributed by atoms with E-state index in [0.29, 0.717) is 5.56 Å². The molecule has 2 aromatic carbocycles. The van der Waals surface area contributed by atoms with Crippen molar-refractivity contribution in [3.63, 3.8) is 0 Å². The Labute approximate surface area is 132 Å². The van der Waals surface area contributed by atoms with Crippen LogP contribution in [0.2, 0.25) is 0 Å². The van der Waals surface area contributed by atoms with Crippen LogP contribution in [0.4, 0.5) is 5.69 Å². The number of primary amides is 1. The molecule has 0 aliphatic carbocycles. The Morgan fingerprint density at radius 1 is 1.05 bits per heavy atom. The summed E-state index contributed by atoms with van der Waals surface area (Å²) in [6.45, 7) is 7.65. The number of rotatable bonds is 4. The fraction of sp³-hybridized carbons (Fsp3) is 0.316. The molecule has 3 nitrogen and oxygen atoms in total. The molecule has 22 heavy (non-hydrogen) atoms. The number of anilines is 1. The predicted octanol–water partition coefficient (Wildman–Crippen LogP) is 3.93. The maximum atomic E-state index is 11.5. The van der Waals surface area contributed by atoms with Gasteiger partial charge in [-0.05, 0) is 34.7 Å². The van der Waals surface area contributed by atoms with Crippen LogP contribution in [0.15, 0.2) is 48.5 Å². The lowest BCUT2D eigenvalue weighted by Gasteiger charge is -2.28. The smallest absolute Gasteiger partial charge is 0.249 e. The molecule has 0 aliphatic rings. The number of amides is 1. The zero-order valence-corrected chi connectivity index (χ0v) is 13.8. The van der Waals surface area contributed by atoms with Gasteiger partial charge in [-0.15, -0.1) is 0 Å². The molecule has 116 valence electrons. The number of nitrogens with two attached hydrogens (primary N) is 1. The molecule has 1 amide bonds. The van der Waals surface area contributed by atoms with E-state index in [9.17, 15) is 4.79 Å². The van der Waals surface area contributed by atoms with E-state index in [1.807, 2.05) is 30.3 Å². The summed E-state index contributed by atoms with van der Waals surface area (Å²) >= 11 is 0. The van der Waals surface area contributed by atoms with E-state index < -0.39 is 5.91 Å². The summed E-state index contributed by atoms with van der Waals surface area (Å²) in [5.74, 6) is -0.399. The number of benzene rings is 2. The minimum atomic E-state index is -0.399. The molecule has 0 unspecified atom stereocenters. The third-order valence-electron chi connectivity index (χ3n) is 3.52. The van der Waals surface area contributed by atoms with E-state index in [1.165, 1.54) is 0 Å². The fourth-order valence-corrected chi connectivity index (χ4v) is 2.65. The van der Waals surface area contributed by atoms with Gasteiger partial charge >= 0.3 is 0 Å². The summed E-state index contributed by atoms with van der Waals surface area (Å²) in [4.78, 5) is 13.8. The lowest BCUT2D eigenvalue weighted by atomic mass is 9.95. The highest BCUT2D eigenvalue weighted by molar-refractivity contribution is 5.99. The van der Waals surface area contributed by atoms with E-state index >= 15 is 0 Å². The number of hydrogen-bond donors (Lipinski definition) is 1. The zero-order chi connectivity index (χ0) is 16.3. The van der Waals surface area contributed by atoms with Crippen LogP contribution in [0.5, 0.6) is 0 Å². The number of hydrogen-bond acceptors (Lipinski definition) is 2. The van der Waals surface area contributed by atoms with Gasteiger partial charge in [0.15, 0.2) is 0 Å². The molecule has 0 aliphatic heterocycles. The minimum Gasteiger partial charge on any atom is -0.374 e. The Bertz CT molecular complexity index is 654. The second kappa shape index (κ2) is 6.22. The summed E-state index contributed by atoms with van der Waals surface area (Å²) in [5.41, 5.74) is 9.29. The normalized spacial score (nSPS) is 11.3. The third-order valence-corrected chi connectivity index (χ3v) is 3.52. The van der Waals surface area contributed by atoms with Gasteiger partial charge in [-0.2, -0.15) is 0 Å². The Morgan fingerprint density at radius 2 is 1.64 bits per heavy atom. The molecule has 2 aromatic rings. The predicted molar refractivity (Wildman–Crippen MR) is 93.1 cm³/mol. The summed E-state index contributed by atoms with van der Waals surface area (Å²) in [7, 11) is 2.09. The zero-order valence-electron chi connectivity index (χ0n) is 13.8. The minimum absolute atomic E-state index is 0.242. The van der Waals surface area contributed by atoms with E-state index in [4.69, 9.17) is 5.73 Å². The number of carbonyl (C=O) groups excluding carboxylic acids is 1. The van der Waals surface area contributed by atoms with Gasteiger partial charge < -0.3 is 10.6 Å². The first-order chi connectivity index (χ1) is 10.3. The molecule has 0 saturated carbocycles. The molecule has 0 saturated heterocycles. The molecule has 2 rings (SSSR count). The SMILES string of the molecule is CN(CC(C)(C)C)c1ccc(-c2ccccc2C(N)=O)cc1. The van der Waals surface area contributed by atoms with Crippen molar-refractivity contribution >= 4 is 11.6 Å². The van der Waals surface area contributed by atoms with Gasteiger partial charge in [-0.1, -0.05) is 51.1 Å². The van der Waals surface area contributed by atoms with Crippen molar-refractivity contribution in [2.24, 2.45) is 11.1 Å². The van der Waals surface area contributed by atoms with Gasteiger partial charge in [0.05, 0.1) is 0 Å². The first-order valence-corrected chi connectivity index (χ1v) is 7.48. The topological polar surface area (TPSA) is 46.3 Å². The summed E-state index contributed by atoms with van der Waals surface area (Å²) in [6, 6.07) is 15.7. The average Bonchev–Trinajstić information content (AvgIpc) is 2.45. The first-order valence-electron chi connectivity index (χ1n) is 7.48. The highest BCUT2D eigenvalue weighted by atomic mass is 16.1. The average molecular weight is 296 g/mol. The quantitative estimate of drug-likeness (QED) is 0.929. The van der Waals surface area contributed by atoms with Crippen molar-refractivity contribution in [2.75, 3.05) is 18.5 Å². The summed E-state index contributed by atoms with van der Waals surface area (Å²) in [6.07, 6.45) is 0. The van der Waals surface area contributed by atoms with Crippen molar-refractivity contribution in [3.8, 4) is 11.1 Å². The van der Waals surface area contributed by atoms with Crippen molar-refractivity contribution in [2.45, 2.75) is 20.8 Å². The molecule has 0 heterocycles. The van der Waals surface area contributed by atoms with Gasteiger partial charge in [0.2, 0.25) is 5.91 Å². The van der Waals surface area contributed by atoms with Crippen LogP contribution in [0.3, 0.4) is 0 Å². The van der Waals surface area contributed by atoms with E-state index in [1.54, 1.807) is 6.07 Å². The van der Waals surface area contributed by atoms with Crippen LogP contribution in [0, 0.1) is 5.41 Å². The van der Waals surface area contributed by atoms with E-state index in [2.05, 4.69) is 44.9 Å². The monoisotopic (exact) mass is 296 g/mol. The highest BCUT2D eigenvalue weighted by Crippen LogP contribution is 2.27. The van der Waals surface area contributed by atoms with Gasteiger partial charge in [-0.3, -0.25) is 4.79 Å². The van der Waals surface area contributed by atoms with Crippen LogP contribution in [0.1, 0.15) is 31.1 Å². The van der Waals surface area contributed by atoms with E-state index in [-0.39, 0.29) is 5.41 Å².